The molecule has 0 aliphatic heterocycles. The second kappa shape index (κ2) is 6.92. The summed E-state index contributed by atoms with van der Waals surface area (Å²) < 4.78 is 7.00. The van der Waals surface area contributed by atoms with Crippen LogP contribution in [0.2, 0.25) is 0 Å². The van der Waals surface area contributed by atoms with Gasteiger partial charge in [0.05, 0.1) is 11.4 Å². The van der Waals surface area contributed by atoms with Crippen molar-refractivity contribution in [2.75, 3.05) is 5.32 Å². The van der Waals surface area contributed by atoms with Gasteiger partial charge in [-0.3, -0.25) is 4.79 Å². The number of benzene rings is 2. The Labute approximate surface area is 156 Å². The highest BCUT2D eigenvalue weighted by molar-refractivity contribution is 6.08. The maximum atomic E-state index is 13.0. The second-order valence-electron chi connectivity index (χ2n) is 6.20. The topological polar surface area (TPSA) is 73.0 Å². The van der Waals surface area contributed by atoms with Crippen LogP contribution < -0.4 is 5.32 Å². The maximum Gasteiger partial charge on any atom is 0.262 e. The van der Waals surface area contributed by atoms with Gasteiger partial charge in [0, 0.05) is 11.6 Å². The lowest BCUT2D eigenvalue weighted by molar-refractivity contribution is 0.102. The lowest BCUT2D eigenvalue weighted by Gasteiger charge is -2.09. The third kappa shape index (κ3) is 3.25. The molecule has 0 unspecified atom stereocenters. The zero-order chi connectivity index (χ0) is 18.8. The Morgan fingerprint density at radius 3 is 2.37 bits per heavy atom. The number of carbonyl (C=O) groups is 1. The number of nitrogens with zero attached hydrogens (tertiary/aromatic N) is 3. The second-order valence-corrected chi connectivity index (χ2v) is 6.20. The van der Waals surface area contributed by atoms with Crippen LogP contribution in [0, 0.1) is 13.8 Å². The predicted molar refractivity (Wildman–Crippen MR) is 103 cm³/mol. The lowest BCUT2D eigenvalue weighted by Crippen LogP contribution is -2.16. The monoisotopic (exact) mass is 358 g/mol. The molecule has 0 saturated carbocycles. The van der Waals surface area contributed by atoms with E-state index in [9.17, 15) is 4.79 Å². The molecular formula is C21H18N4O2. The molecule has 0 saturated heterocycles. The molecule has 0 radical (unpaired) electrons. The fraction of sp³-hybridized carbons (Fsp3) is 0.0952. The number of aromatic nitrogens is 3. The molecule has 2 aromatic heterocycles. The van der Waals surface area contributed by atoms with E-state index in [-0.39, 0.29) is 5.91 Å². The van der Waals surface area contributed by atoms with Crippen LogP contribution in [0.5, 0.6) is 0 Å². The minimum atomic E-state index is -0.287. The van der Waals surface area contributed by atoms with Crippen LogP contribution in [0.1, 0.15) is 21.8 Å². The van der Waals surface area contributed by atoms with Crippen LogP contribution in [-0.2, 0) is 0 Å². The minimum Gasteiger partial charge on any atom is -0.360 e. The van der Waals surface area contributed by atoms with Crippen molar-refractivity contribution >= 4 is 11.7 Å². The van der Waals surface area contributed by atoms with Gasteiger partial charge in [-0.2, -0.15) is 5.10 Å². The van der Waals surface area contributed by atoms with Gasteiger partial charge in [-0.1, -0.05) is 53.7 Å². The minimum absolute atomic E-state index is 0.287. The molecule has 0 bridgehead atoms. The first-order valence-electron chi connectivity index (χ1n) is 8.58. The van der Waals surface area contributed by atoms with E-state index in [0.717, 1.165) is 16.9 Å². The Morgan fingerprint density at radius 2 is 1.67 bits per heavy atom. The van der Waals surface area contributed by atoms with E-state index >= 15 is 0 Å². The first-order valence-corrected chi connectivity index (χ1v) is 8.58. The van der Waals surface area contributed by atoms with E-state index in [1.54, 1.807) is 11.6 Å². The normalized spacial score (nSPS) is 10.7. The molecule has 1 N–H and O–H groups in total. The number of para-hydroxylation sites is 1. The Morgan fingerprint density at radius 1 is 1.00 bits per heavy atom. The van der Waals surface area contributed by atoms with Crippen LogP contribution in [-0.4, -0.2) is 20.8 Å². The molecule has 6 nitrogen and oxygen atoms in total. The molecule has 4 aromatic rings. The molecule has 2 aromatic carbocycles. The molecule has 4 rings (SSSR count). The number of nitrogens with one attached hydrogen (secondary N) is 1. The van der Waals surface area contributed by atoms with Crippen molar-refractivity contribution in [3.05, 3.63) is 83.7 Å². The molecule has 0 fully saturated rings. The predicted octanol–water partition coefficient (Wildman–Crippen LogP) is 4.40. The van der Waals surface area contributed by atoms with Gasteiger partial charge in [0.2, 0.25) is 0 Å². The third-order valence-corrected chi connectivity index (χ3v) is 4.21. The van der Waals surface area contributed by atoms with E-state index in [1.165, 1.54) is 0 Å². The summed E-state index contributed by atoms with van der Waals surface area (Å²) in [6.07, 6.45) is 0. The fourth-order valence-electron chi connectivity index (χ4n) is 2.97. The van der Waals surface area contributed by atoms with E-state index in [4.69, 9.17) is 4.52 Å². The average molecular weight is 358 g/mol. The highest BCUT2D eigenvalue weighted by Gasteiger charge is 2.23. The van der Waals surface area contributed by atoms with Crippen molar-refractivity contribution < 1.29 is 9.32 Å². The largest absolute Gasteiger partial charge is 0.360 e. The SMILES string of the molecule is Cc1cc(NC(=O)c2c(-c3ccccc3)noc2C)n(-c2ccccc2)n1. The van der Waals surface area contributed by atoms with Gasteiger partial charge in [0.15, 0.2) is 0 Å². The van der Waals surface area contributed by atoms with Gasteiger partial charge in [-0.25, -0.2) is 4.68 Å². The van der Waals surface area contributed by atoms with Crippen molar-refractivity contribution in [2.45, 2.75) is 13.8 Å². The van der Waals surface area contributed by atoms with Crippen LogP contribution in [0.25, 0.3) is 16.9 Å². The zero-order valence-electron chi connectivity index (χ0n) is 15.0. The van der Waals surface area contributed by atoms with Gasteiger partial charge in [-0.05, 0) is 26.0 Å². The van der Waals surface area contributed by atoms with Gasteiger partial charge in [-0.15, -0.1) is 0 Å². The summed E-state index contributed by atoms with van der Waals surface area (Å²) >= 11 is 0. The van der Waals surface area contributed by atoms with Crippen LogP contribution in [0.15, 0.2) is 71.3 Å². The number of hydrogen-bond acceptors (Lipinski definition) is 4. The quantitative estimate of drug-likeness (QED) is 0.587. The summed E-state index contributed by atoms with van der Waals surface area (Å²) in [7, 11) is 0. The summed E-state index contributed by atoms with van der Waals surface area (Å²) in [5.74, 6) is 0.766. The number of carbonyl (C=O) groups excluding carboxylic acids is 1. The van der Waals surface area contributed by atoms with Gasteiger partial charge < -0.3 is 9.84 Å². The van der Waals surface area contributed by atoms with Crippen molar-refractivity contribution in [3.63, 3.8) is 0 Å². The summed E-state index contributed by atoms with van der Waals surface area (Å²) in [6, 6.07) is 21.0. The average Bonchev–Trinajstić information content (AvgIpc) is 3.25. The van der Waals surface area contributed by atoms with E-state index in [2.05, 4.69) is 15.6 Å². The smallest absolute Gasteiger partial charge is 0.262 e. The molecule has 0 aliphatic rings. The number of rotatable bonds is 4. The van der Waals surface area contributed by atoms with Gasteiger partial charge in [0.25, 0.3) is 5.91 Å². The molecule has 0 spiro atoms. The van der Waals surface area contributed by atoms with Crippen LogP contribution >= 0.6 is 0 Å². The first-order chi connectivity index (χ1) is 13.1. The van der Waals surface area contributed by atoms with Crippen LogP contribution in [0.3, 0.4) is 0 Å². The summed E-state index contributed by atoms with van der Waals surface area (Å²) in [5.41, 5.74) is 3.44. The molecular weight excluding hydrogens is 340 g/mol. The maximum absolute atomic E-state index is 13.0. The van der Waals surface area contributed by atoms with E-state index in [1.807, 2.05) is 73.7 Å². The Kier molecular flexibility index (Phi) is 4.30. The summed E-state index contributed by atoms with van der Waals surface area (Å²) in [4.78, 5) is 13.0. The van der Waals surface area contributed by atoms with Crippen molar-refractivity contribution in [3.8, 4) is 16.9 Å². The number of amides is 1. The van der Waals surface area contributed by atoms with Crippen molar-refractivity contribution in [1.82, 2.24) is 14.9 Å². The molecule has 2 heterocycles. The molecule has 27 heavy (non-hydrogen) atoms. The van der Waals surface area contributed by atoms with Gasteiger partial charge >= 0.3 is 0 Å². The van der Waals surface area contributed by atoms with Crippen molar-refractivity contribution in [2.24, 2.45) is 0 Å². The highest BCUT2D eigenvalue weighted by atomic mass is 16.5. The fourth-order valence-corrected chi connectivity index (χ4v) is 2.97. The summed E-state index contributed by atoms with van der Waals surface area (Å²) in [5, 5.41) is 11.5. The Hall–Kier alpha value is -3.67. The molecule has 0 aliphatic carbocycles. The standard InChI is InChI=1S/C21H18N4O2/c1-14-13-18(25(23-14)17-11-7-4-8-12-17)22-21(26)19-15(2)27-24-20(19)16-9-5-3-6-10-16/h3-13H,1-2H3,(H,22,26). The molecule has 6 heteroatoms. The third-order valence-electron chi connectivity index (χ3n) is 4.21. The van der Waals surface area contributed by atoms with Gasteiger partial charge in [0.1, 0.15) is 22.8 Å². The molecule has 134 valence electrons. The van der Waals surface area contributed by atoms with Crippen LogP contribution in [0.4, 0.5) is 5.82 Å². The zero-order valence-corrected chi connectivity index (χ0v) is 15.0. The Balaban J connectivity index is 1.70. The van der Waals surface area contributed by atoms with E-state index in [0.29, 0.717) is 22.8 Å². The molecule has 1 amide bonds. The number of aryl methyl sites for hydroxylation is 2. The number of anilines is 1. The first kappa shape index (κ1) is 16.8. The number of hydrogen-bond donors (Lipinski definition) is 1. The summed E-state index contributed by atoms with van der Waals surface area (Å²) in [6.45, 7) is 3.61. The highest BCUT2D eigenvalue weighted by Crippen LogP contribution is 2.26. The lowest BCUT2D eigenvalue weighted by atomic mass is 10.1. The molecule has 0 atom stereocenters. The van der Waals surface area contributed by atoms with E-state index < -0.39 is 0 Å². The van der Waals surface area contributed by atoms with Crippen molar-refractivity contribution in [1.29, 1.82) is 0 Å². The Bertz CT molecular complexity index is 1080.